The van der Waals surface area contributed by atoms with Crippen LogP contribution in [0.25, 0.3) is 0 Å². The van der Waals surface area contributed by atoms with Gasteiger partial charge in [-0.15, -0.1) is 0 Å². The van der Waals surface area contributed by atoms with Gasteiger partial charge in [0, 0.05) is 13.2 Å². The number of aryl methyl sites for hydroxylation is 1. The largest absolute Gasteiger partial charge is 0.318 e. The molecule has 0 aliphatic rings. The fourth-order valence-corrected chi connectivity index (χ4v) is 1.77. The average Bonchev–Trinajstić information content (AvgIpc) is 2.19. The van der Waals surface area contributed by atoms with E-state index in [1.165, 1.54) is 16.7 Å². The number of benzene rings is 1. The molecule has 90 valence electrons. The molecule has 1 rings (SSSR count). The van der Waals surface area contributed by atoms with Crippen LogP contribution < -0.4 is 11.1 Å². The quantitative estimate of drug-likeness (QED) is 0.604. The molecule has 0 aliphatic heterocycles. The van der Waals surface area contributed by atoms with E-state index in [0.717, 1.165) is 13.0 Å². The van der Waals surface area contributed by atoms with Crippen molar-refractivity contribution in [3.05, 3.63) is 34.9 Å². The Balaban J connectivity index is 2.76. The van der Waals surface area contributed by atoms with Gasteiger partial charge in [-0.2, -0.15) is 0 Å². The lowest BCUT2D eigenvalue weighted by atomic mass is 9.85. The zero-order valence-electron chi connectivity index (χ0n) is 10.9. The van der Waals surface area contributed by atoms with Gasteiger partial charge in [0.1, 0.15) is 0 Å². The van der Waals surface area contributed by atoms with E-state index in [4.69, 9.17) is 5.73 Å². The number of nitrogens with two attached hydrogens (primary N) is 1. The van der Waals surface area contributed by atoms with E-state index in [0.29, 0.717) is 6.67 Å². The summed E-state index contributed by atoms with van der Waals surface area (Å²) in [6, 6.07) is 6.79. The second-order valence-electron chi connectivity index (χ2n) is 5.35. The summed E-state index contributed by atoms with van der Waals surface area (Å²) < 4.78 is 0. The lowest BCUT2D eigenvalue weighted by Gasteiger charge is -2.20. The molecule has 0 spiro atoms. The highest BCUT2D eigenvalue weighted by atomic mass is 14.9. The van der Waals surface area contributed by atoms with Crippen LogP contribution in [0.3, 0.4) is 0 Å². The van der Waals surface area contributed by atoms with E-state index in [1.54, 1.807) is 0 Å². The van der Waals surface area contributed by atoms with E-state index < -0.39 is 0 Å². The predicted octanol–water partition coefficient (Wildman–Crippen LogP) is 2.34. The monoisotopic (exact) mass is 220 g/mol. The van der Waals surface area contributed by atoms with Gasteiger partial charge in [0.2, 0.25) is 0 Å². The lowest BCUT2D eigenvalue weighted by molar-refractivity contribution is 0.589. The molecule has 0 bridgehead atoms. The van der Waals surface area contributed by atoms with Crippen molar-refractivity contribution >= 4 is 0 Å². The molecule has 16 heavy (non-hydrogen) atoms. The molecule has 0 aliphatic carbocycles. The number of hydrogen-bond donors (Lipinski definition) is 2. The molecule has 1 aromatic carbocycles. The highest BCUT2D eigenvalue weighted by Crippen LogP contribution is 2.24. The van der Waals surface area contributed by atoms with Crippen molar-refractivity contribution in [2.24, 2.45) is 5.73 Å². The van der Waals surface area contributed by atoms with Gasteiger partial charge in [0.25, 0.3) is 0 Å². The van der Waals surface area contributed by atoms with Gasteiger partial charge < -0.3 is 11.1 Å². The third kappa shape index (κ3) is 3.62. The summed E-state index contributed by atoms with van der Waals surface area (Å²) >= 11 is 0. The smallest absolute Gasteiger partial charge is 0.0428 e. The Hall–Kier alpha value is -0.860. The van der Waals surface area contributed by atoms with Crippen LogP contribution in [-0.2, 0) is 11.8 Å². The lowest BCUT2D eigenvalue weighted by Crippen LogP contribution is -2.24. The fourth-order valence-electron chi connectivity index (χ4n) is 1.77. The summed E-state index contributed by atoms with van der Waals surface area (Å²) in [6.45, 7) is 10.4. The second kappa shape index (κ2) is 5.46. The van der Waals surface area contributed by atoms with Crippen molar-refractivity contribution in [3.8, 4) is 0 Å². The Bertz CT molecular complexity index is 337. The first-order chi connectivity index (χ1) is 7.45. The molecule has 0 saturated heterocycles. The minimum atomic E-state index is 0.235. The van der Waals surface area contributed by atoms with Gasteiger partial charge in [0.15, 0.2) is 0 Å². The van der Waals surface area contributed by atoms with Gasteiger partial charge in [0.05, 0.1) is 0 Å². The Morgan fingerprint density at radius 2 is 1.94 bits per heavy atom. The molecule has 0 aromatic heterocycles. The average molecular weight is 220 g/mol. The molecular weight excluding hydrogens is 196 g/mol. The predicted molar refractivity (Wildman–Crippen MR) is 70.6 cm³/mol. The van der Waals surface area contributed by atoms with Gasteiger partial charge in [-0.3, -0.25) is 0 Å². The van der Waals surface area contributed by atoms with Crippen molar-refractivity contribution in [1.29, 1.82) is 0 Å². The Labute approximate surface area is 99.2 Å². The molecule has 0 saturated carbocycles. The third-order valence-electron chi connectivity index (χ3n) is 2.92. The molecule has 0 amide bonds. The zero-order chi connectivity index (χ0) is 12.2. The van der Waals surface area contributed by atoms with Crippen molar-refractivity contribution in [2.45, 2.75) is 39.5 Å². The Morgan fingerprint density at radius 1 is 1.25 bits per heavy atom. The molecule has 0 atom stereocenters. The molecule has 2 nitrogen and oxygen atoms in total. The topological polar surface area (TPSA) is 38.0 Å². The van der Waals surface area contributed by atoms with Crippen LogP contribution in [0.2, 0.25) is 0 Å². The Kier molecular flexibility index (Phi) is 4.51. The maximum absolute atomic E-state index is 5.40. The number of rotatable bonds is 4. The maximum Gasteiger partial charge on any atom is 0.0428 e. The summed E-state index contributed by atoms with van der Waals surface area (Å²) in [6.07, 6.45) is 1.05. The number of nitrogens with one attached hydrogen (secondary N) is 1. The van der Waals surface area contributed by atoms with E-state index in [2.05, 4.69) is 51.2 Å². The maximum atomic E-state index is 5.40. The fraction of sp³-hybridized carbons (Fsp3) is 0.571. The summed E-state index contributed by atoms with van der Waals surface area (Å²) in [7, 11) is 0. The molecule has 0 fully saturated rings. The molecule has 1 aromatic rings. The first-order valence-electron chi connectivity index (χ1n) is 5.96. The van der Waals surface area contributed by atoms with Crippen LogP contribution in [-0.4, -0.2) is 13.2 Å². The van der Waals surface area contributed by atoms with Crippen molar-refractivity contribution in [3.63, 3.8) is 0 Å². The summed E-state index contributed by atoms with van der Waals surface area (Å²) in [5.41, 5.74) is 9.83. The molecule has 0 heterocycles. The van der Waals surface area contributed by atoms with Gasteiger partial charge in [-0.05, 0) is 35.4 Å². The molecule has 2 heteroatoms. The third-order valence-corrected chi connectivity index (χ3v) is 2.92. The van der Waals surface area contributed by atoms with E-state index in [1.807, 2.05) is 0 Å². The van der Waals surface area contributed by atoms with Crippen LogP contribution in [0.15, 0.2) is 18.2 Å². The first-order valence-corrected chi connectivity index (χ1v) is 5.96. The van der Waals surface area contributed by atoms with Crippen molar-refractivity contribution < 1.29 is 0 Å². The summed E-state index contributed by atoms with van der Waals surface area (Å²) in [5, 5.41) is 3.15. The van der Waals surface area contributed by atoms with E-state index in [-0.39, 0.29) is 5.41 Å². The molecule has 0 unspecified atom stereocenters. The molecular formula is C14H24N2. The molecule has 0 radical (unpaired) electrons. The number of hydrogen-bond acceptors (Lipinski definition) is 2. The van der Waals surface area contributed by atoms with Crippen molar-refractivity contribution in [2.75, 3.05) is 13.2 Å². The van der Waals surface area contributed by atoms with Crippen LogP contribution in [0, 0.1) is 6.92 Å². The van der Waals surface area contributed by atoms with E-state index in [9.17, 15) is 0 Å². The highest BCUT2D eigenvalue weighted by molar-refractivity contribution is 5.34. The Morgan fingerprint density at radius 3 is 2.44 bits per heavy atom. The van der Waals surface area contributed by atoms with Crippen LogP contribution in [0.1, 0.15) is 37.5 Å². The zero-order valence-corrected chi connectivity index (χ0v) is 10.9. The van der Waals surface area contributed by atoms with Crippen LogP contribution in [0.4, 0.5) is 0 Å². The van der Waals surface area contributed by atoms with Crippen molar-refractivity contribution in [1.82, 2.24) is 5.32 Å². The minimum absolute atomic E-state index is 0.235. The first kappa shape index (κ1) is 13.2. The van der Waals surface area contributed by atoms with Gasteiger partial charge in [-0.25, -0.2) is 0 Å². The highest BCUT2D eigenvalue weighted by Gasteiger charge is 2.14. The summed E-state index contributed by atoms with van der Waals surface area (Å²) in [5.74, 6) is 0. The van der Waals surface area contributed by atoms with Crippen LogP contribution in [0.5, 0.6) is 0 Å². The second-order valence-corrected chi connectivity index (χ2v) is 5.35. The van der Waals surface area contributed by atoms with Gasteiger partial charge in [-0.1, -0.05) is 39.0 Å². The van der Waals surface area contributed by atoms with E-state index >= 15 is 0 Å². The standard InChI is InChI=1S/C14H24N2/c1-11-9-13(14(2,3)4)6-5-12(11)7-8-16-10-15/h5-6,9,16H,7-8,10,15H2,1-4H3. The SMILES string of the molecule is Cc1cc(C(C)(C)C)ccc1CCNCN. The normalized spacial score (nSPS) is 11.8. The minimum Gasteiger partial charge on any atom is -0.318 e. The van der Waals surface area contributed by atoms with Crippen LogP contribution >= 0.6 is 0 Å². The molecule has 3 N–H and O–H groups in total. The summed E-state index contributed by atoms with van der Waals surface area (Å²) in [4.78, 5) is 0. The van der Waals surface area contributed by atoms with Gasteiger partial charge >= 0.3 is 0 Å².